The van der Waals surface area contributed by atoms with Gasteiger partial charge < -0.3 is 20.7 Å². The number of carbonyl (C=O) groups excluding carboxylic acids is 2. The lowest BCUT2D eigenvalue weighted by Crippen LogP contribution is -2.41. The Morgan fingerprint density at radius 2 is 2.17 bits per heavy atom. The van der Waals surface area contributed by atoms with E-state index in [0.717, 1.165) is 0 Å². The molecule has 1 rings (SSSR count). The summed E-state index contributed by atoms with van der Waals surface area (Å²) >= 11 is 0. The maximum atomic E-state index is 11.7. The first-order valence-corrected chi connectivity index (χ1v) is 5.34. The molecule has 7 heteroatoms. The van der Waals surface area contributed by atoms with Crippen LogP contribution in [0.1, 0.15) is 23.2 Å². The van der Waals surface area contributed by atoms with Crippen LogP contribution in [0, 0.1) is 0 Å². The molecular weight excluding hydrogens is 238 g/mol. The van der Waals surface area contributed by atoms with Crippen molar-refractivity contribution in [2.45, 2.75) is 18.9 Å². The number of rotatable bonds is 6. The van der Waals surface area contributed by atoms with E-state index in [4.69, 9.17) is 10.8 Å². The number of carboxylic acids is 1. The molecule has 0 aliphatic heterocycles. The largest absolute Gasteiger partial charge is 0.480 e. The summed E-state index contributed by atoms with van der Waals surface area (Å²) in [5, 5.41) is 11.3. The fourth-order valence-corrected chi connectivity index (χ4v) is 1.42. The Kier molecular flexibility index (Phi) is 4.47. The Balaban J connectivity index is 2.63. The second-order valence-corrected chi connectivity index (χ2v) is 3.93. The number of nitrogens with zero attached hydrogens (tertiary/aromatic N) is 1. The van der Waals surface area contributed by atoms with Gasteiger partial charge >= 0.3 is 5.97 Å². The second kappa shape index (κ2) is 5.85. The number of aliphatic carboxylic acids is 1. The number of hydrogen-bond donors (Lipinski definition) is 3. The first kappa shape index (κ1) is 13.8. The van der Waals surface area contributed by atoms with Crippen molar-refractivity contribution >= 4 is 17.8 Å². The van der Waals surface area contributed by atoms with Gasteiger partial charge in [0, 0.05) is 25.9 Å². The molecule has 1 aromatic rings. The summed E-state index contributed by atoms with van der Waals surface area (Å²) < 4.78 is 1.67. The zero-order chi connectivity index (χ0) is 13.7. The van der Waals surface area contributed by atoms with E-state index in [1.165, 1.54) is 0 Å². The maximum absolute atomic E-state index is 11.7. The highest BCUT2D eigenvalue weighted by molar-refractivity contribution is 5.96. The summed E-state index contributed by atoms with van der Waals surface area (Å²) in [6.45, 7) is 0. The molecule has 0 aliphatic carbocycles. The van der Waals surface area contributed by atoms with Gasteiger partial charge in [-0.05, 0) is 12.5 Å². The minimum Gasteiger partial charge on any atom is -0.480 e. The number of carboxylic acid groups (broad SMARTS) is 1. The van der Waals surface area contributed by atoms with Crippen LogP contribution in [-0.4, -0.2) is 33.5 Å². The first-order valence-electron chi connectivity index (χ1n) is 5.34. The molecule has 0 unspecified atom stereocenters. The average molecular weight is 253 g/mol. The average Bonchev–Trinajstić information content (AvgIpc) is 2.70. The van der Waals surface area contributed by atoms with Crippen LogP contribution >= 0.6 is 0 Å². The van der Waals surface area contributed by atoms with E-state index < -0.39 is 23.8 Å². The van der Waals surface area contributed by atoms with Crippen molar-refractivity contribution < 1.29 is 19.5 Å². The number of amides is 2. The number of aryl methyl sites for hydroxylation is 1. The zero-order valence-corrected chi connectivity index (χ0v) is 9.92. The van der Waals surface area contributed by atoms with E-state index in [9.17, 15) is 14.4 Å². The third kappa shape index (κ3) is 3.93. The van der Waals surface area contributed by atoms with E-state index in [0.29, 0.717) is 5.56 Å². The lowest BCUT2D eigenvalue weighted by molar-refractivity contribution is -0.139. The fraction of sp³-hybridized carbons (Fsp3) is 0.364. The maximum Gasteiger partial charge on any atom is 0.326 e. The molecule has 2 amide bonds. The number of aromatic nitrogens is 1. The number of primary amides is 1. The molecule has 0 bridgehead atoms. The molecule has 0 radical (unpaired) electrons. The number of carbonyl (C=O) groups is 3. The number of nitrogens with one attached hydrogen (secondary N) is 1. The minimum atomic E-state index is -1.19. The summed E-state index contributed by atoms with van der Waals surface area (Å²) in [6, 6.07) is 0.452. The van der Waals surface area contributed by atoms with Gasteiger partial charge in [-0.3, -0.25) is 9.59 Å². The fourth-order valence-electron chi connectivity index (χ4n) is 1.42. The summed E-state index contributed by atoms with van der Waals surface area (Å²) in [5.41, 5.74) is 5.30. The summed E-state index contributed by atoms with van der Waals surface area (Å²) in [4.78, 5) is 33.2. The van der Waals surface area contributed by atoms with E-state index in [-0.39, 0.29) is 12.8 Å². The van der Waals surface area contributed by atoms with Gasteiger partial charge in [-0.1, -0.05) is 0 Å². The zero-order valence-electron chi connectivity index (χ0n) is 9.92. The minimum absolute atomic E-state index is 0.0246. The summed E-state index contributed by atoms with van der Waals surface area (Å²) in [6.07, 6.45) is 3.13. The van der Waals surface area contributed by atoms with Crippen molar-refractivity contribution in [3.05, 3.63) is 24.0 Å². The van der Waals surface area contributed by atoms with Crippen molar-refractivity contribution in [2.24, 2.45) is 12.8 Å². The molecule has 1 atom stereocenters. The molecule has 0 aliphatic rings. The lowest BCUT2D eigenvalue weighted by atomic mass is 10.1. The third-order valence-electron chi connectivity index (χ3n) is 2.38. The molecule has 7 nitrogen and oxygen atoms in total. The molecule has 0 aromatic carbocycles. The van der Waals surface area contributed by atoms with Crippen LogP contribution in [0.5, 0.6) is 0 Å². The van der Waals surface area contributed by atoms with Crippen LogP contribution in [0.4, 0.5) is 0 Å². The molecule has 4 N–H and O–H groups in total. The second-order valence-electron chi connectivity index (χ2n) is 3.93. The quantitative estimate of drug-likeness (QED) is 0.632. The molecule has 1 heterocycles. The summed E-state index contributed by atoms with van der Waals surface area (Å²) in [7, 11) is 1.75. The van der Waals surface area contributed by atoms with Crippen molar-refractivity contribution in [1.29, 1.82) is 0 Å². The molecule has 0 spiro atoms. The van der Waals surface area contributed by atoms with Gasteiger partial charge in [0.25, 0.3) is 5.91 Å². The van der Waals surface area contributed by atoms with Crippen LogP contribution in [-0.2, 0) is 16.6 Å². The van der Waals surface area contributed by atoms with Gasteiger partial charge in [0.05, 0.1) is 5.56 Å². The molecule has 0 saturated carbocycles. The Morgan fingerprint density at radius 1 is 1.50 bits per heavy atom. The number of hydrogen-bond acceptors (Lipinski definition) is 3. The lowest BCUT2D eigenvalue weighted by Gasteiger charge is -2.12. The Bertz CT molecular complexity index is 467. The van der Waals surface area contributed by atoms with Gasteiger partial charge in [-0.25, -0.2) is 4.79 Å². The summed E-state index contributed by atoms with van der Waals surface area (Å²) in [5.74, 6) is -2.29. The van der Waals surface area contributed by atoms with Gasteiger partial charge in [-0.2, -0.15) is 0 Å². The van der Waals surface area contributed by atoms with E-state index in [1.807, 2.05) is 0 Å². The van der Waals surface area contributed by atoms with Crippen LogP contribution in [0.2, 0.25) is 0 Å². The van der Waals surface area contributed by atoms with Crippen molar-refractivity contribution in [3.63, 3.8) is 0 Å². The standard InChI is InChI=1S/C11H15N3O4/c1-14-5-4-7(6-14)10(16)13-8(11(17)18)2-3-9(12)15/h4-6,8H,2-3H2,1H3,(H2,12,15)(H,13,16)(H,17,18)/t8-/m0/s1. The van der Waals surface area contributed by atoms with Gasteiger partial charge in [0.15, 0.2) is 0 Å². The van der Waals surface area contributed by atoms with Crippen LogP contribution in [0.3, 0.4) is 0 Å². The highest BCUT2D eigenvalue weighted by Gasteiger charge is 2.21. The van der Waals surface area contributed by atoms with Crippen LogP contribution < -0.4 is 11.1 Å². The van der Waals surface area contributed by atoms with Crippen molar-refractivity contribution in [2.75, 3.05) is 0 Å². The highest BCUT2D eigenvalue weighted by atomic mass is 16.4. The predicted octanol–water partition coefficient (Wildman–Crippen LogP) is -0.526. The van der Waals surface area contributed by atoms with Crippen LogP contribution in [0.15, 0.2) is 18.5 Å². The Labute approximate surface area is 104 Å². The monoisotopic (exact) mass is 253 g/mol. The normalized spacial score (nSPS) is 11.8. The van der Waals surface area contributed by atoms with Crippen molar-refractivity contribution in [3.8, 4) is 0 Å². The number of nitrogens with two attached hydrogens (primary N) is 1. The molecular formula is C11H15N3O4. The first-order chi connectivity index (χ1) is 8.40. The van der Waals surface area contributed by atoms with Crippen molar-refractivity contribution in [1.82, 2.24) is 9.88 Å². The third-order valence-corrected chi connectivity index (χ3v) is 2.38. The SMILES string of the molecule is Cn1ccc(C(=O)N[C@@H](CCC(N)=O)C(=O)O)c1. The molecule has 0 saturated heterocycles. The van der Waals surface area contributed by atoms with Gasteiger partial charge in [-0.15, -0.1) is 0 Å². The smallest absolute Gasteiger partial charge is 0.326 e. The molecule has 0 fully saturated rings. The Morgan fingerprint density at radius 3 is 2.61 bits per heavy atom. The molecule has 1 aromatic heterocycles. The molecule has 98 valence electrons. The van der Waals surface area contributed by atoms with Gasteiger partial charge in [0.2, 0.25) is 5.91 Å². The van der Waals surface area contributed by atoms with E-state index in [1.54, 1.807) is 30.1 Å². The van der Waals surface area contributed by atoms with E-state index in [2.05, 4.69) is 5.32 Å². The molecule has 18 heavy (non-hydrogen) atoms. The predicted molar refractivity (Wildman–Crippen MR) is 62.7 cm³/mol. The van der Waals surface area contributed by atoms with E-state index >= 15 is 0 Å². The topological polar surface area (TPSA) is 114 Å². The van der Waals surface area contributed by atoms with Gasteiger partial charge in [0.1, 0.15) is 6.04 Å². The highest BCUT2D eigenvalue weighted by Crippen LogP contribution is 2.03. The van der Waals surface area contributed by atoms with Crippen LogP contribution in [0.25, 0.3) is 0 Å². The Hall–Kier alpha value is -2.31.